The highest BCUT2D eigenvalue weighted by Gasteiger charge is 2.27. The molecule has 1 fully saturated rings. The van der Waals surface area contributed by atoms with E-state index in [0.29, 0.717) is 17.8 Å². The molecule has 1 aliphatic rings. The van der Waals surface area contributed by atoms with Gasteiger partial charge in [-0.3, -0.25) is 4.79 Å². The molecule has 2 aromatic rings. The molecule has 7 nitrogen and oxygen atoms in total. The van der Waals surface area contributed by atoms with Crippen LogP contribution in [-0.4, -0.2) is 35.7 Å². The van der Waals surface area contributed by atoms with Crippen molar-refractivity contribution in [3.63, 3.8) is 0 Å². The maximum Gasteiger partial charge on any atom is 0.249 e. The highest BCUT2D eigenvalue weighted by molar-refractivity contribution is 5.79. The number of methoxy groups -OCH3 is 1. The highest BCUT2D eigenvalue weighted by atomic mass is 16.5. The monoisotopic (exact) mass is 344 g/mol. The number of piperidine rings is 1. The summed E-state index contributed by atoms with van der Waals surface area (Å²) in [6.07, 6.45) is 1.69. The molecule has 0 radical (unpaired) electrons. The lowest BCUT2D eigenvalue weighted by atomic mass is 9.92. The molecule has 0 spiro atoms. The van der Waals surface area contributed by atoms with Gasteiger partial charge in [0.2, 0.25) is 17.6 Å². The van der Waals surface area contributed by atoms with Gasteiger partial charge in [-0.2, -0.15) is 4.98 Å². The number of carbonyl (C=O) groups is 1. The molecule has 134 valence electrons. The molecular formula is C18H24N4O3. The first-order chi connectivity index (χ1) is 12.1. The largest absolute Gasteiger partial charge is 0.497 e. The number of amides is 1. The van der Waals surface area contributed by atoms with E-state index in [1.807, 2.05) is 31.2 Å². The van der Waals surface area contributed by atoms with Gasteiger partial charge < -0.3 is 19.9 Å². The number of aromatic nitrogens is 2. The molecule has 1 aromatic carbocycles. The molecule has 0 saturated carbocycles. The summed E-state index contributed by atoms with van der Waals surface area (Å²) in [4.78, 5) is 16.9. The summed E-state index contributed by atoms with van der Waals surface area (Å²) in [5.41, 5.74) is 0.806. The fourth-order valence-corrected chi connectivity index (χ4v) is 3.05. The Morgan fingerprint density at radius 2 is 2.32 bits per heavy atom. The van der Waals surface area contributed by atoms with Crippen LogP contribution in [0.5, 0.6) is 5.75 Å². The van der Waals surface area contributed by atoms with Gasteiger partial charge in [-0.25, -0.2) is 0 Å². The molecule has 1 amide bonds. The number of nitrogens with one attached hydrogen (secondary N) is 2. The summed E-state index contributed by atoms with van der Waals surface area (Å²) in [5, 5.41) is 10.3. The third-order valence-corrected chi connectivity index (χ3v) is 4.49. The van der Waals surface area contributed by atoms with Gasteiger partial charge in [0.15, 0.2) is 0 Å². The van der Waals surface area contributed by atoms with Crippen LogP contribution in [0.25, 0.3) is 11.4 Å². The van der Waals surface area contributed by atoms with Crippen molar-refractivity contribution in [2.24, 2.45) is 5.92 Å². The van der Waals surface area contributed by atoms with Crippen molar-refractivity contribution in [3.05, 3.63) is 30.2 Å². The standard InChI is InChI=1S/C18H24N4O3/c1-11-9-14(7-8-19-11)17(23)20-12(2)18-21-16(22-25-18)13-5-4-6-15(10-13)24-3/h4-6,10-12,14,19H,7-9H2,1-3H3,(H,20,23)/t11-,12?,14-/m0/s1. The Bertz CT molecular complexity index is 731. The van der Waals surface area contributed by atoms with Crippen molar-refractivity contribution >= 4 is 5.91 Å². The minimum atomic E-state index is -0.329. The number of ether oxygens (including phenoxy) is 1. The predicted octanol–water partition coefficient (Wildman–Crippen LogP) is 2.31. The Labute approximate surface area is 147 Å². The van der Waals surface area contributed by atoms with Gasteiger partial charge >= 0.3 is 0 Å². The van der Waals surface area contributed by atoms with Gasteiger partial charge in [0.1, 0.15) is 11.8 Å². The van der Waals surface area contributed by atoms with E-state index in [1.54, 1.807) is 7.11 Å². The number of hydrogen-bond acceptors (Lipinski definition) is 6. The quantitative estimate of drug-likeness (QED) is 0.865. The first-order valence-electron chi connectivity index (χ1n) is 8.58. The molecule has 3 rings (SSSR count). The Morgan fingerprint density at radius 3 is 3.08 bits per heavy atom. The van der Waals surface area contributed by atoms with Crippen LogP contribution in [0, 0.1) is 5.92 Å². The fraction of sp³-hybridized carbons (Fsp3) is 0.500. The Balaban J connectivity index is 1.66. The topological polar surface area (TPSA) is 89.3 Å². The number of rotatable bonds is 5. The van der Waals surface area contributed by atoms with Crippen LogP contribution in [0.2, 0.25) is 0 Å². The van der Waals surface area contributed by atoms with Crippen molar-refractivity contribution in [2.75, 3.05) is 13.7 Å². The van der Waals surface area contributed by atoms with Crippen molar-refractivity contribution in [1.29, 1.82) is 0 Å². The van der Waals surface area contributed by atoms with E-state index in [0.717, 1.165) is 30.7 Å². The van der Waals surface area contributed by atoms with E-state index < -0.39 is 0 Å². The van der Waals surface area contributed by atoms with Crippen LogP contribution in [0.15, 0.2) is 28.8 Å². The van der Waals surface area contributed by atoms with Gasteiger partial charge in [0.05, 0.1) is 7.11 Å². The van der Waals surface area contributed by atoms with E-state index in [-0.39, 0.29) is 17.9 Å². The van der Waals surface area contributed by atoms with Crippen LogP contribution in [0.1, 0.15) is 38.6 Å². The first-order valence-corrected chi connectivity index (χ1v) is 8.58. The second-order valence-corrected chi connectivity index (χ2v) is 6.49. The lowest BCUT2D eigenvalue weighted by Gasteiger charge is -2.27. The molecule has 1 aromatic heterocycles. The maximum absolute atomic E-state index is 12.4. The Hall–Kier alpha value is -2.41. The highest BCUT2D eigenvalue weighted by Crippen LogP contribution is 2.23. The SMILES string of the molecule is COc1cccc(-c2noc(C(C)NC(=O)[C@H]3CCN[C@@H](C)C3)n2)c1. The summed E-state index contributed by atoms with van der Waals surface area (Å²) in [5.74, 6) is 1.67. The second-order valence-electron chi connectivity index (χ2n) is 6.49. The minimum absolute atomic E-state index is 0.0273. The van der Waals surface area contributed by atoms with Gasteiger partial charge in [0.25, 0.3) is 0 Å². The van der Waals surface area contributed by atoms with Crippen LogP contribution in [0.3, 0.4) is 0 Å². The smallest absolute Gasteiger partial charge is 0.249 e. The van der Waals surface area contributed by atoms with E-state index >= 15 is 0 Å². The average molecular weight is 344 g/mol. The third-order valence-electron chi connectivity index (χ3n) is 4.49. The number of benzene rings is 1. The zero-order valence-corrected chi connectivity index (χ0v) is 14.8. The first kappa shape index (κ1) is 17.4. The van der Waals surface area contributed by atoms with E-state index in [1.165, 1.54) is 0 Å². The van der Waals surface area contributed by atoms with Crippen LogP contribution < -0.4 is 15.4 Å². The molecule has 7 heteroatoms. The van der Waals surface area contributed by atoms with Crippen molar-refractivity contribution in [3.8, 4) is 17.1 Å². The minimum Gasteiger partial charge on any atom is -0.497 e. The van der Waals surface area contributed by atoms with Gasteiger partial charge in [-0.05, 0) is 45.4 Å². The number of hydrogen-bond donors (Lipinski definition) is 2. The fourth-order valence-electron chi connectivity index (χ4n) is 3.05. The number of carbonyl (C=O) groups excluding carboxylic acids is 1. The Kier molecular flexibility index (Phi) is 5.33. The van der Waals surface area contributed by atoms with Crippen LogP contribution in [0.4, 0.5) is 0 Å². The molecular weight excluding hydrogens is 320 g/mol. The summed E-state index contributed by atoms with van der Waals surface area (Å²) in [7, 11) is 1.61. The molecule has 0 bridgehead atoms. The van der Waals surface area contributed by atoms with Crippen molar-refractivity contribution in [1.82, 2.24) is 20.8 Å². The summed E-state index contributed by atoms with van der Waals surface area (Å²) >= 11 is 0. The molecule has 1 aliphatic heterocycles. The lowest BCUT2D eigenvalue weighted by molar-refractivity contribution is -0.126. The van der Waals surface area contributed by atoms with Crippen LogP contribution >= 0.6 is 0 Å². The lowest BCUT2D eigenvalue weighted by Crippen LogP contribution is -2.43. The van der Waals surface area contributed by atoms with Gasteiger partial charge in [0, 0.05) is 17.5 Å². The maximum atomic E-state index is 12.4. The number of nitrogens with zero attached hydrogens (tertiary/aromatic N) is 2. The normalized spacial score (nSPS) is 21.6. The second kappa shape index (κ2) is 7.65. The van der Waals surface area contributed by atoms with E-state index in [2.05, 4.69) is 27.7 Å². The molecule has 1 saturated heterocycles. The summed E-state index contributed by atoms with van der Waals surface area (Å²) < 4.78 is 10.5. The molecule has 25 heavy (non-hydrogen) atoms. The van der Waals surface area contributed by atoms with E-state index in [9.17, 15) is 4.79 Å². The molecule has 2 N–H and O–H groups in total. The van der Waals surface area contributed by atoms with E-state index in [4.69, 9.17) is 9.26 Å². The molecule has 3 atom stereocenters. The van der Waals surface area contributed by atoms with Crippen molar-refractivity contribution in [2.45, 2.75) is 38.8 Å². The summed E-state index contributed by atoms with van der Waals surface area (Å²) in [6.45, 7) is 4.82. The summed E-state index contributed by atoms with van der Waals surface area (Å²) in [6, 6.07) is 7.49. The van der Waals surface area contributed by atoms with Crippen molar-refractivity contribution < 1.29 is 14.1 Å². The zero-order chi connectivity index (χ0) is 17.8. The van der Waals surface area contributed by atoms with Gasteiger partial charge in [-0.1, -0.05) is 17.3 Å². The molecule has 2 heterocycles. The van der Waals surface area contributed by atoms with Crippen LogP contribution in [-0.2, 0) is 4.79 Å². The zero-order valence-electron chi connectivity index (χ0n) is 14.8. The van der Waals surface area contributed by atoms with Gasteiger partial charge in [-0.15, -0.1) is 0 Å². The molecule has 0 aliphatic carbocycles. The average Bonchev–Trinajstić information content (AvgIpc) is 3.12. The molecule has 1 unspecified atom stereocenters. The Morgan fingerprint density at radius 1 is 1.48 bits per heavy atom. The predicted molar refractivity (Wildman–Crippen MR) is 93.0 cm³/mol. The third kappa shape index (κ3) is 4.17.